The standard InChI is InChI=1S/C20H31NO4Si/c1-20(2,3)26(6,7)25-15-17(22)14-21(4)19(23)13-10-16-8-11-18(24-5)12-9-16/h8-13H,14-15H2,1-7H3. The molecule has 0 spiro atoms. The zero-order valence-corrected chi connectivity index (χ0v) is 18.0. The van der Waals surface area contributed by atoms with E-state index in [4.69, 9.17) is 9.16 Å². The number of carbonyl (C=O) groups is 2. The molecule has 0 saturated heterocycles. The quantitative estimate of drug-likeness (QED) is 0.511. The van der Waals surface area contributed by atoms with E-state index in [-0.39, 0.29) is 29.9 Å². The highest BCUT2D eigenvalue weighted by Gasteiger charge is 2.37. The maximum atomic E-state index is 12.2. The highest BCUT2D eigenvalue weighted by molar-refractivity contribution is 6.74. The number of rotatable bonds is 8. The number of likely N-dealkylation sites (N-methyl/N-ethyl adjacent to an activating group) is 1. The molecule has 5 nitrogen and oxygen atoms in total. The van der Waals surface area contributed by atoms with Gasteiger partial charge in [0, 0.05) is 13.1 Å². The molecule has 1 aromatic rings. The van der Waals surface area contributed by atoms with Crippen LogP contribution in [0.5, 0.6) is 5.75 Å². The van der Waals surface area contributed by atoms with Gasteiger partial charge >= 0.3 is 0 Å². The summed E-state index contributed by atoms with van der Waals surface area (Å²) in [6.45, 7) is 10.7. The van der Waals surface area contributed by atoms with Crippen molar-refractivity contribution in [1.82, 2.24) is 4.90 Å². The lowest BCUT2D eigenvalue weighted by molar-refractivity contribution is -0.131. The third-order valence-electron chi connectivity index (χ3n) is 4.72. The van der Waals surface area contributed by atoms with Gasteiger partial charge in [-0.25, -0.2) is 0 Å². The molecule has 0 aliphatic carbocycles. The lowest BCUT2D eigenvalue weighted by Crippen LogP contribution is -2.43. The third-order valence-corrected chi connectivity index (χ3v) is 9.20. The number of ketones is 1. The van der Waals surface area contributed by atoms with Gasteiger partial charge in [0.2, 0.25) is 5.91 Å². The second kappa shape index (κ2) is 9.14. The van der Waals surface area contributed by atoms with Gasteiger partial charge in [-0.05, 0) is 41.9 Å². The number of nitrogens with zero attached hydrogens (tertiary/aromatic N) is 1. The van der Waals surface area contributed by atoms with Crippen molar-refractivity contribution in [2.24, 2.45) is 0 Å². The SMILES string of the molecule is COc1ccc(C=CC(=O)N(C)CC(=O)CO[Si](C)(C)C(C)(C)C)cc1. The predicted octanol–water partition coefficient (Wildman–Crippen LogP) is 3.76. The molecule has 6 heteroatoms. The predicted molar refractivity (Wildman–Crippen MR) is 108 cm³/mol. The monoisotopic (exact) mass is 377 g/mol. The van der Waals surface area contributed by atoms with Gasteiger partial charge in [0.05, 0.1) is 20.3 Å². The lowest BCUT2D eigenvalue weighted by Gasteiger charge is -2.36. The molecular formula is C20H31NO4Si. The van der Waals surface area contributed by atoms with Crippen LogP contribution in [-0.4, -0.2) is 52.2 Å². The highest BCUT2D eigenvalue weighted by Crippen LogP contribution is 2.36. The molecule has 144 valence electrons. The van der Waals surface area contributed by atoms with E-state index >= 15 is 0 Å². The van der Waals surface area contributed by atoms with Crippen LogP contribution in [0.25, 0.3) is 6.08 Å². The number of hydrogen-bond donors (Lipinski definition) is 0. The summed E-state index contributed by atoms with van der Waals surface area (Å²) < 4.78 is 11.0. The van der Waals surface area contributed by atoms with E-state index in [0.29, 0.717) is 0 Å². The minimum atomic E-state index is -1.96. The van der Waals surface area contributed by atoms with Crippen LogP contribution in [-0.2, 0) is 14.0 Å². The fourth-order valence-corrected chi connectivity index (χ4v) is 2.83. The molecule has 0 heterocycles. The summed E-state index contributed by atoms with van der Waals surface area (Å²) in [6, 6.07) is 7.38. The summed E-state index contributed by atoms with van der Waals surface area (Å²) in [4.78, 5) is 25.7. The number of methoxy groups -OCH3 is 1. The number of benzene rings is 1. The summed E-state index contributed by atoms with van der Waals surface area (Å²) in [5, 5.41) is 0.0517. The van der Waals surface area contributed by atoms with Crippen LogP contribution < -0.4 is 4.74 Å². The topological polar surface area (TPSA) is 55.8 Å². The molecule has 0 unspecified atom stereocenters. The first-order valence-electron chi connectivity index (χ1n) is 8.69. The Morgan fingerprint density at radius 1 is 1.15 bits per heavy atom. The average Bonchev–Trinajstić information content (AvgIpc) is 2.57. The van der Waals surface area contributed by atoms with Crippen molar-refractivity contribution in [1.29, 1.82) is 0 Å². The van der Waals surface area contributed by atoms with Gasteiger partial charge in [-0.1, -0.05) is 32.9 Å². The molecule has 1 rings (SSSR count). The van der Waals surface area contributed by atoms with Crippen LogP contribution in [0.3, 0.4) is 0 Å². The number of amides is 1. The maximum Gasteiger partial charge on any atom is 0.246 e. The third kappa shape index (κ3) is 6.76. The van der Waals surface area contributed by atoms with Crippen molar-refractivity contribution >= 4 is 26.1 Å². The van der Waals surface area contributed by atoms with E-state index in [2.05, 4.69) is 33.9 Å². The van der Waals surface area contributed by atoms with E-state index in [1.54, 1.807) is 20.2 Å². The van der Waals surface area contributed by atoms with E-state index < -0.39 is 8.32 Å². The molecule has 0 aromatic heterocycles. The summed E-state index contributed by atoms with van der Waals surface area (Å²) in [5.74, 6) is 0.447. The fourth-order valence-electron chi connectivity index (χ4n) is 1.88. The van der Waals surface area contributed by atoms with Crippen molar-refractivity contribution < 1.29 is 18.8 Å². The van der Waals surface area contributed by atoms with Gasteiger partial charge < -0.3 is 14.1 Å². The van der Waals surface area contributed by atoms with E-state index in [1.165, 1.54) is 11.0 Å². The van der Waals surface area contributed by atoms with Crippen molar-refractivity contribution in [2.75, 3.05) is 27.3 Å². The Kier molecular flexibility index (Phi) is 7.78. The molecule has 0 N–H and O–H groups in total. The first kappa shape index (κ1) is 22.1. The highest BCUT2D eigenvalue weighted by atomic mass is 28.4. The molecule has 1 aromatic carbocycles. The number of Topliss-reactive ketones (excluding diaryl/α,β-unsaturated/α-hetero) is 1. The smallest absolute Gasteiger partial charge is 0.246 e. The van der Waals surface area contributed by atoms with Crippen LogP contribution in [0.2, 0.25) is 18.1 Å². The second-order valence-corrected chi connectivity index (χ2v) is 12.7. The van der Waals surface area contributed by atoms with Gasteiger partial charge in [0.1, 0.15) is 5.75 Å². The summed E-state index contributed by atoms with van der Waals surface area (Å²) >= 11 is 0. The Labute approximate surface area is 158 Å². The molecule has 26 heavy (non-hydrogen) atoms. The Morgan fingerprint density at radius 3 is 2.23 bits per heavy atom. The van der Waals surface area contributed by atoms with Crippen molar-refractivity contribution in [3.05, 3.63) is 35.9 Å². The molecule has 1 amide bonds. The summed E-state index contributed by atoms with van der Waals surface area (Å²) in [7, 11) is 1.26. The van der Waals surface area contributed by atoms with Gasteiger partial charge in [-0.2, -0.15) is 0 Å². The molecule has 0 aliphatic heterocycles. The van der Waals surface area contributed by atoms with Crippen LogP contribution in [0.1, 0.15) is 26.3 Å². The van der Waals surface area contributed by atoms with Gasteiger partial charge in [-0.3, -0.25) is 9.59 Å². The Hall–Kier alpha value is -1.92. The van der Waals surface area contributed by atoms with Crippen LogP contribution in [0, 0.1) is 0 Å². The first-order chi connectivity index (χ1) is 12.0. The van der Waals surface area contributed by atoms with Crippen LogP contribution in [0.4, 0.5) is 0 Å². The molecule has 0 radical (unpaired) electrons. The largest absolute Gasteiger partial charge is 0.497 e. The molecule has 0 fully saturated rings. The fraction of sp³-hybridized carbons (Fsp3) is 0.500. The zero-order chi connectivity index (χ0) is 20.0. The number of ether oxygens (including phenoxy) is 1. The van der Waals surface area contributed by atoms with Crippen molar-refractivity contribution in [3.63, 3.8) is 0 Å². The minimum absolute atomic E-state index is 0.0421. The van der Waals surface area contributed by atoms with Gasteiger partial charge in [0.15, 0.2) is 14.1 Å². The van der Waals surface area contributed by atoms with Gasteiger partial charge in [0.25, 0.3) is 0 Å². The first-order valence-corrected chi connectivity index (χ1v) is 11.6. The van der Waals surface area contributed by atoms with E-state index in [0.717, 1.165) is 11.3 Å². The summed E-state index contributed by atoms with van der Waals surface area (Å²) in [6.07, 6.45) is 3.18. The molecule has 0 aliphatic rings. The molecular weight excluding hydrogens is 346 g/mol. The number of carbonyl (C=O) groups excluding carboxylic acids is 2. The molecule has 0 atom stereocenters. The minimum Gasteiger partial charge on any atom is -0.497 e. The molecule has 0 bridgehead atoms. The Morgan fingerprint density at radius 2 is 1.73 bits per heavy atom. The van der Waals surface area contributed by atoms with Crippen molar-refractivity contribution in [3.8, 4) is 5.75 Å². The summed E-state index contributed by atoms with van der Waals surface area (Å²) in [5.41, 5.74) is 0.889. The van der Waals surface area contributed by atoms with Crippen LogP contribution >= 0.6 is 0 Å². The number of hydrogen-bond acceptors (Lipinski definition) is 4. The molecule has 0 saturated carbocycles. The average molecular weight is 378 g/mol. The maximum absolute atomic E-state index is 12.2. The van der Waals surface area contributed by atoms with Crippen molar-refractivity contribution in [2.45, 2.75) is 38.9 Å². The van der Waals surface area contributed by atoms with Crippen LogP contribution in [0.15, 0.2) is 30.3 Å². The van der Waals surface area contributed by atoms with E-state index in [9.17, 15) is 9.59 Å². The van der Waals surface area contributed by atoms with E-state index in [1.807, 2.05) is 24.3 Å². The normalized spacial score (nSPS) is 12.3. The van der Waals surface area contributed by atoms with Gasteiger partial charge in [-0.15, -0.1) is 0 Å². The second-order valence-electron chi connectivity index (χ2n) is 7.89. The zero-order valence-electron chi connectivity index (χ0n) is 17.0. The lowest BCUT2D eigenvalue weighted by atomic mass is 10.2. The Bertz CT molecular complexity index is 645. The Balaban J connectivity index is 2.52.